The summed E-state index contributed by atoms with van der Waals surface area (Å²) in [4.78, 5) is 15.1. The summed E-state index contributed by atoms with van der Waals surface area (Å²) in [6.07, 6.45) is 2.51. The molecule has 2 aromatic heterocycles. The maximum absolute atomic E-state index is 13.2. The van der Waals surface area contributed by atoms with Crippen molar-refractivity contribution in [1.82, 2.24) is 14.8 Å². The fraction of sp³-hybridized carbons (Fsp3) is 0.174. The molecule has 0 aliphatic carbocycles. The van der Waals surface area contributed by atoms with Gasteiger partial charge in [0.05, 0.1) is 11.5 Å². The highest BCUT2D eigenvalue weighted by Crippen LogP contribution is 2.33. The summed E-state index contributed by atoms with van der Waals surface area (Å²) in [5.74, 6) is 1.32. The van der Waals surface area contributed by atoms with E-state index in [1.165, 1.54) is 17.3 Å². The minimum absolute atomic E-state index is 0.0760. The highest BCUT2D eigenvalue weighted by molar-refractivity contribution is 8.00. The monoisotopic (exact) mass is 416 g/mol. The van der Waals surface area contributed by atoms with Gasteiger partial charge in [-0.15, -0.1) is 10.2 Å². The third kappa shape index (κ3) is 3.31. The summed E-state index contributed by atoms with van der Waals surface area (Å²) in [7, 11) is 0. The van der Waals surface area contributed by atoms with Crippen molar-refractivity contribution in [1.29, 1.82) is 0 Å². The first-order chi connectivity index (χ1) is 14.7. The van der Waals surface area contributed by atoms with Crippen molar-refractivity contribution in [3.63, 3.8) is 0 Å². The number of nitrogens with zero attached hydrogens (tertiary/aromatic N) is 4. The molecule has 4 aromatic rings. The van der Waals surface area contributed by atoms with E-state index >= 15 is 0 Å². The molecule has 0 radical (unpaired) electrons. The summed E-state index contributed by atoms with van der Waals surface area (Å²) >= 11 is 1.41. The van der Waals surface area contributed by atoms with Gasteiger partial charge in [-0.1, -0.05) is 48.2 Å². The Hall–Kier alpha value is -3.32. The number of benzene rings is 2. The second-order valence-electron chi connectivity index (χ2n) is 7.08. The van der Waals surface area contributed by atoms with Crippen molar-refractivity contribution in [2.24, 2.45) is 0 Å². The van der Waals surface area contributed by atoms with Crippen molar-refractivity contribution in [2.75, 3.05) is 11.4 Å². The molecule has 150 valence electrons. The van der Waals surface area contributed by atoms with Crippen LogP contribution in [0.3, 0.4) is 0 Å². The molecule has 3 heterocycles. The molecule has 1 atom stereocenters. The number of rotatable bonds is 5. The van der Waals surface area contributed by atoms with Gasteiger partial charge in [-0.25, -0.2) is 0 Å². The normalized spacial score (nSPS) is 14.0. The molecule has 30 heavy (non-hydrogen) atoms. The fourth-order valence-corrected chi connectivity index (χ4v) is 4.65. The Balaban J connectivity index is 1.46. The molecule has 1 aliphatic heterocycles. The van der Waals surface area contributed by atoms with Crippen LogP contribution in [-0.2, 0) is 11.2 Å². The van der Waals surface area contributed by atoms with Gasteiger partial charge in [0, 0.05) is 17.9 Å². The van der Waals surface area contributed by atoms with Crippen LogP contribution in [0.15, 0.2) is 82.6 Å². The number of furan rings is 1. The second kappa shape index (κ2) is 7.84. The zero-order valence-corrected chi connectivity index (χ0v) is 17.2. The Morgan fingerprint density at radius 3 is 2.63 bits per heavy atom. The van der Waals surface area contributed by atoms with Crippen molar-refractivity contribution in [3.8, 4) is 17.3 Å². The van der Waals surface area contributed by atoms with E-state index in [4.69, 9.17) is 4.42 Å². The lowest BCUT2D eigenvalue weighted by Gasteiger charge is -2.21. The molecule has 0 bridgehead atoms. The van der Waals surface area contributed by atoms with E-state index in [1.807, 2.05) is 77.1 Å². The highest BCUT2D eigenvalue weighted by Gasteiger charge is 2.30. The number of hydrogen-bond donors (Lipinski definition) is 0. The summed E-state index contributed by atoms with van der Waals surface area (Å²) in [5.41, 5.74) is 3.15. The maximum atomic E-state index is 13.2. The SMILES string of the molecule is C[C@H](Sc1nnc(-c2ccco2)n1-c1ccccc1)C(=O)N1CCc2ccccc21. The quantitative estimate of drug-likeness (QED) is 0.445. The molecule has 6 nitrogen and oxygen atoms in total. The zero-order valence-electron chi connectivity index (χ0n) is 16.4. The van der Waals surface area contributed by atoms with E-state index in [9.17, 15) is 4.79 Å². The molecule has 1 amide bonds. The zero-order chi connectivity index (χ0) is 20.5. The van der Waals surface area contributed by atoms with Gasteiger partial charge in [0.15, 0.2) is 10.9 Å². The van der Waals surface area contributed by atoms with Gasteiger partial charge in [0.25, 0.3) is 0 Å². The molecule has 0 unspecified atom stereocenters. The van der Waals surface area contributed by atoms with Crippen LogP contribution >= 0.6 is 11.8 Å². The second-order valence-corrected chi connectivity index (χ2v) is 8.39. The minimum atomic E-state index is -0.313. The van der Waals surface area contributed by atoms with E-state index in [-0.39, 0.29) is 11.2 Å². The van der Waals surface area contributed by atoms with Crippen molar-refractivity contribution >= 4 is 23.4 Å². The molecule has 0 N–H and O–H groups in total. The van der Waals surface area contributed by atoms with Crippen LogP contribution < -0.4 is 4.90 Å². The Labute approximate surface area is 178 Å². The van der Waals surface area contributed by atoms with Crippen molar-refractivity contribution in [2.45, 2.75) is 23.8 Å². The fourth-order valence-electron chi connectivity index (χ4n) is 3.72. The molecular weight excluding hydrogens is 396 g/mol. The van der Waals surface area contributed by atoms with Crippen molar-refractivity contribution < 1.29 is 9.21 Å². The predicted octanol–water partition coefficient (Wildman–Crippen LogP) is 4.60. The minimum Gasteiger partial charge on any atom is -0.461 e. The number of carbonyl (C=O) groups excluding carboxylic acids is 1. The third-order valence-corrected chi connectivity index (χ3v) is 6.20. The first kappa shape index (κ1) is 18.7. The van der Waals surface area contributed by atoms with Gasteiger partial charge in [0.1, 0.15) is 0 Å². The van der Waals surface area contributed by atoms with Gasteiger partial charge in [0.2, 0.25) is 11.7 Å². The number of carbonyl (C=O) groups is 1. The summed E-state index contributed by atoms with van der Waals surface area (Å²) in [6, 6.07) is 21.6. The molecule has 0 saturated carbocycles. The number of thioether (sulfide) groups is 1. The lowest BCUT2D eigenvalue weighted by atomic mass is 10.2. The Morgan fingerprint density at radius 2 is 1.83 bits per heavy atom. The average molecular weight is 417 g/mol. The topological polar surface area (TPSA) is 64.2 Å². The van der Waals surface area contributed by atoms with E-state index in [2.05, 4.69) is 16.3 Å². The van der Waals surface area contributed by atoms with Crippen LogP contribution in [-0.4, -0.2) is 32.5 Å². The van der Waals surface area contributed by atoms with Crippen molar-refractivity contribution in [3.05, 3.63) is 78.6 Å². The van der Waals surface area contributed by atoms with Gasteiger partial charge in [-0.2, -0.15) is 0 Å². The lowest BCUT2D eigenvalue weighted by molar-refractivity contribution is -0.117. The van der Waals surface area contributed by atoms with Crippen LogP contribution in [0.5, 0.6) is 0 Å². The smallest absolute Gasteiger partial charge is 0.240 e. The van der Waals surface area contributed by atoms with Crippen LogP contribution in [0.2, 0.25) is 0 Å². The lowest BCUT2D eigenvalue weighted by Crippen LogP contribution is -2.35. The number of para-hydroxylation sites is 2. The highest BCUT2D eigenvalue weighted by atomic mass is 32.2. The summed E-state index contributed by atoms with van der Waals surface area (Å²) < 4.78 is 7.50. The Kier molecular flexibility index (Phi) is 4.88. The van der Waals surface area contributed by atoms with Crippen LogP contribution in [0.25, 0.3) is 17.3 Å². The number of aromatic nitrogens is 3. The molecule has 0 saturated heterocycles. The van der Waals surface area contributed by atoms with Gasteiger partial charge < -0.3 is 9.32 Å². The number of hydrogen-bond acceptors (Lipinski definition) is 5. The van der Waals surface area contributed by atoms with Gasteiger partial charge in [-0.3, -0.25) is 9.36 Å². The number of amides is 1. The van der Waals surface area contributed by atoms with E-state index in [0.717, 1.165) is 17.8 Å². The Morgan fingerprint density at radius 1 is 1.03 bits per heavy atom. The molecule has 1 aliphatic rings. The van der Waals surface area contributed by atoms with E-state index in [1.54, 1.807) is 6.26 Å². The average Bonchev–Trinajstić information content (AvgIpc) is 3.53. The Bertz CT molecular complexity index is 1170. The summed E-state index contributed by atoms with van der Waals surface area (Å²) in [5, 5.41) is 9.08. The number of fused-ring (bicyclic) bond motifs is 1. The van der Waals surface area contributed by atoms with Crippen LogP contribution in [0.1, 0.15) is 12.5 Å². The first-order valence-corrected chi connectivity index (χ1v) is 10.7. The molecule has 7 heteroatoms. The van der Waals surface area contributed by atoms with Crippen LogP contribution in [0.4, 0.5) is 5.69 Å². The maximum Gasteiger partial charge on any atom is 0.240 e. The standard InChI is InChI=1S/C23H20N4O2S/c1-16(22(28)26-14-13-17-8-5-6-11-19(17)26)30-23-25-24-21(20-12-7-15-29-20)27(23)18-9-3-2-4-10-18/h2-12,15-16H,13-14H2,1H3/t16-/m0/s1. The molecule has 0 spiro atoms. The summed E-state index contributed by atoms with van der Waals surface area (Å²) in [6.45, 7) is 2.64. The third-order valence-electron chi connectivity index (χ3n) is 5.17. The predicted molar refractivity (Wildman–Crippen MR) is 117 cm³/mol. The molecule has 5 rings (SSSR count). The van der Waals surface area contributed by atoms with Gasteiger partial charge >= 0.3 is 0 Å². The van der Waals surface area contributed by atoms with E-state index in [0.29, 0.717) is 23.3 Å². The molecule has 0 fully saturated rings. The largest absolute Gasteiger partial charge is 0.461 e. The van der Waals surface area contributed by atoms with Crippen LogP contribution in [0, 0.1) is 0 Å². The number of anilines is 1. The van der Waals surface area contributed by atoms with Gasteiger partial charge in [-0.05, 0) is 49.2 Å². The first-order valence-electron chi connectivity index (χ1n) is 9.83. The molecular formula is C23H20N4O2S. The van der Waals surface area contributed by atoms with E-state index < -0.39 is 0 Å². The molecule has 2 aromatic carbocycles.